The standard InChI is InChI=1S/C25H26N4O4/c26-25(31)24-23(19-6-2-1-3-7-19)27-20(28-24)16-18-11-9-17(10-12-18)13-14-21(30)29-33-22-8-4-5-15-32-22/h1-3,6-7,9-14,22H,4-5,8,15-16H2,(H2,26,31)(H,27,28)(H,29,30)/b14-13+. The van der Waals surface area contributed by atoms with E-state index in [2.05, 4.69) is 15.4 Å². The molecular formula is C25H26N4O4. The number of rotatable bonds is 8. The van der Waals surface area contributed by atoms with Crippen LogP contribution in [0.25, 0.3) is 17.3 Å². The van der Waals surface area contributed by atoms with Gasteiger partial charge in [0, 0.05) is 31.1 Å². The van der Waals surface area contributed by atoms with Crippen molar-refractivity contribution in [2.75, 3.05) is 6.61 Å². The van der Waals surface area contributed by atoms with Crippen LogP contribution in [0, 0.1) is 0 Å². The summed E-state index contributed by atoms with van der Waals surface area (Å²) in [4.78, 5) is 36.7. The van der Waals surface area contributed by atoms with Crippen LogP contribution in [0.2, 0.25) is 0 Å². The minimum atomic E-state index is -0.551. The molecule has 2 aromatic carbocycles. The Morgan fingerprint density at radius 1 is 1.15 bits per heavy atom. The molecule has 2 heterocycles. The number of H-pyrrole nitrogens is 1. The van der Waals surface area contributed by atoms with Gasteiger partial charge in [-0.1, -0.05) is 54.6 Å². The fourth-order valence-electron chi connectivity index (χ4n) is 3.56. The molecule has 1 atom stereocenters. The number of nitrogens with one attached hydrogen (secondary N) is 2. The fraction of sp³-hybridized carbons (Fsp3) is 0.240. The molecule has 33 heavy (non-hydrogen) atoms. The molecule has 8 nitrogen and oxygen atoms in total. The molecule has 8 heteroatoms. The zero-order chi connectivity index (χ0) is 23.0. The monoisotopic (exact) mass is 446 g/mol. The van der Waals surface area contributed by atoms with Crippen molar-refractivity contribution in [2.24, 2.45) is 5.73 Å². The van der Waals surface area contributed by atoms with Crippen molar-refractivity contribution >= 4 is 17.9 Å². The van der Waals surface area contributed by atoms with E-state index in [4.69, 9.17) is 15.3 Å². The maximum atomic E-state index is 11.9. The van der Waals surface area contributed by atoms with Crippen molar-refractivity contribution in [1.82, 2.24) is 15.4 Å². The van der Waals surface area contributed by atoms with Crippen LogP contribution in [-0.4, -0.2) is 34.7 Å². The number of primary amides is 1. The summed E-state index contributed by atoms with van der Waals surface area (Å²) in [7, 11) is 0. The van der Waals surface area contributed by atoms with Gasteiger partial charge in [0.05, 0.1) is 0 Å². The lowest BCUT2D eigenvalue weighted by atomic mass is 10.1. The van der Waals surface area contributed by atoms with E-state index >= 15 is 0 Å². The van der Waals surface area contributed by atoms with Gasteiger partial charge in [-0.2, -0.15) is 0 Å². The molecule has 170 valence electrons. The summed E-state index contributed by atoms with van der Waals surface area (Å²) >= 11 is 0. The van der Waals surface area contributed by atoms with Crippen molar-refractivity contribution < 1.29 is 19.2 Å². The molecule has 1 aromatic heterocycles. The topological polar surface area (TPSA) is 119 Å². The third kappa shape index (κ3) is 6.15. The van der Waals surface area contributed by atoms with Crippen LogP contribution in [0.5, 0.6) is 0 Å². The molecule has 3 aromatic rings. The molecule has 0 spiro atoms. The first kappa shape index (κ1) is 22.4. The van der Waals surface area contributed by atoms with E-state index in [0.29, 0.717) is 30.2 Å². The number of ether oxygens (including phenoxy) is 1. The van der Waals surface area contributed by atoms with Gasteiger partial charge in [-0.3, -0.25) is 9.59 Å². The van der Waals surface area contributed by atoms with E-state index in [-0.39, 0.29) is 12.2 Å². The van der Waals surface area contributed by atoms with Crippen molar-refractivity contribution in [2.45, 2.75) is 32.0 Å². The summed E-state index contributed by atoms with van der Waals surface area (Å²) in [6.45, 7) is 0.651. The number of nitrogens with zero attached hydrogens (tertiary/aromatic N) is 1. The van der Waals surface area contributed by atoms with Crippen LogP contribution >= 0.6 is 0 Å². The van der Waals surface area contributed by atoms with Gasteiger partial charge < -0.3 is 15.5 Å². The molecule has 0 aliphatic carbocycles. The number of aromatic nitrogens is 2. The second-order valence-corrected chi connectivity index (χ2v) is 7.77. The molecule has 0 radical (unpaired) electrons. The van der Waals surface area contributed by atoms with Crippen LogP contribution in [0.3, 0.4) is 0 Å². The summed E-state index contributed by atoms with van der Waals surface area (Å²) < 4.78 is 5.41. The normalized spacial score (nSPS) is 16.1. The first-order valence-electron chi connectivity index (χ1n) is 10.9. The molecule has 1 aliphatic heterocycles. The Bertz CT molecular complexity index is 1120. The summed E-state index contributed by atoms with van der Waals surface area (Å²) in [5.74, 6) is -0.256. The summed E-state index contributed by atoms with van der Waals surface area (Å²) in [6, 6.07) is 17.1. The first-order chi connectivity index (χ1) is 16.1. The highest BCUT2D eigenvalue weighted by molar-refractivity contribution is 5.97. The lowest BCUT2D eigenvalue weighted by molar-refractivity contribution is -0.198. The number of nitrogens with two attached hydrogens (primary N) is 1. The maximum absolute atomic E-state index is 11.9. The summed E-state index contributed by atoms with van der Waals surface area (Å²) in [5.41, 5.74) is 11.5. The van der Waals surface area contributed by atoms with E-state index in [1.807, 2.05) is 54.6 Å². The minimum absolute atomic E-state index is 0.294. The van der Waals surface area contributed by atoms with Gasteiger partial charge in [-0.15, -0.1) is 0 Å². The lowest BCUT2D eigenvalue weighted by Crippen LogP contribution is -2.32. The van der Waals surface area contributed by atoms with Gasteiger partial charge in [0.15, 0.2) is 6.29 Å². The Labute approximate surface area is 191 Å². The van der Waals surface area contributed by atoms with Crippen molar-refractivity contribution in [3.63, 3.8) is 0 Å². The van der Waals surface area contributed by atoms with Crippen LogP contribution < -0.4 is 11.2 Å². The molecule has 2 amide bonds. The van der Waals surface area contributed by atoms with Crippen LogP contribution in [0.1, 0.15) is 46.7 Å². The van der Waals surface area contributed by atoms with Crippen molar-refractivity contribution in [3.05, 3.63) is 83.3 Å². The number of hydroxylamine groups is 1. The average Bonchev–Trinajstić information content (AvgIpc) is 3.28. The molecule has 0 saturated carbocycles. The van der Waals surface area contributed by atoms with Gasteiger partial charge in [0.1, 0.15) is 17.2 Å². The summed E-state index contributed by atoms with van der Waals surface area (Å²) in [5, 5.41) is 0. The molecule has 1 unspecified atom stereocenters. The van der Waals surface area contributed by atoms with E-state index < -0.39 is 5.91 Å². The molecular weight excluding hydrogens is 420 g/mol. The Hall–Kier alpha value is -3.75. The summed E-state index contributed by atoms with van der Waals surface area (Å²) in [6.07, 6.45) is 6.06. The van der Waals surface area contributed by atoms with Crippen molar-refractivity contribution in [3.8, 4) is 11.3 Å². The Morgan fingerprint density at radius 2 is 1.94 bits per heavy atom. The maximum Gasteiger partial charge on any atom is 0.267 e. The zero-order valence-corrected chi connectivity index (χ0v) is 18.1. The van der Waals surface area contributed by atoms with Gasteiger partial charge in [-0.25, -0.2) is 15.3 Å². The first-order valence-corrected chi connectivity index (χ1v) is 10.9. The quantitative estimate of drug-likeness (QED) is 0.362. The third-order valence-electron chi connectivity index (χ3n) is 5.25. The van der Waals surface area contributed by atoms with Gasteiger partial charge >= 0.3 is 0 Å². The predicted octanol–water partition coefficient (Wildman–Crippen LogP) is 3.35. The number of hydrogen-bond donors (Lipinski definition) is 3. The smallest absolute Gasteiger partial charge is 0.267 e. The zero-order valence-electron chi connectivity index (χ0n) is 18.1. The van der Waals surface area contributed by atoms with Gasteiger partial charge in [0.25, 0.3) is 11.8 Å². The fourth-order valence-corrected chi connectivity index (χ4v) is 3.56. The van der Waals surface area contributed by atoms with E-state index in [0.717, 1.165) is 36.0 Å². The highest BCUT2D eigenvalue weighted by Crippen LogP contribution is 2.22. The van der Waals surface area contributed by atoms with E-state index in [9.17, 15) is 9.59 Å². The second kappa shape index (κ2) is 10.7. The molecule has 4 rings (SSSR count). The second-order valence-electron chi connectivity index (χ2n) is 7.77. The highest BCUT2D eigenvalue weighted by Gasteiger charge is 2.17. The number of hydrogen-bond acceptors (Lipinski definition) is 5. The molecule has 4 N–H and O–H groups in total. The number of carbonyl (C=O) groups is 2. The van der Waals surface area contributed by atoms with Gasteiger partial charge in [0.2, 0.25) is 0 Å². The largest absolute Gasteiger partial charge is 0.364 e. The van der Waals surface area contributed by atoms with Gasteiger partial charge in [-0.05, 0) is 30.0 Å². The van der Waals surface area contributed by atoms with Crippen LogP contribution in [-0.2, 0) is 20.8 Å². The van der Waals surface area contributed by atoms with E-state index in [1.54, 1.807) is 6.08 Å². The highest BCUT2D eigenvalue weighted by atomic mass is 16.8. The number of amides is 2. The SMILES string of the molecule is NC(=O)c1[nH]c(Cc2ccc(/C=C/C(=O)NOC3CCCCO3)cc2)nc1-c1ccccc1. The average molecular weight is 447 g/mol. The molecule has 1 aliphatic rings. The molecule has 1 fully saturated rings. The predicted molar refractivity (Wildman–Crippen MR) is 124 cm³/mol. The number of carbonyl (C=O) groups excluding carboxylic acids is 2. The molecule has 1 saturated heterocycles. The Morgan fingerprint density at radius 3 is 2.64 bits per heavy atom. The number of aromatic amines is 1. The third-order valence-corrected chi connectivity index (χ3v) is 5.25. The van der Waals surface area contributed by atoms with Crippen LogP contribution in [0.4, 0.5) is 0 Å². The Kier molecular flexibility index (Phi) is 7.29. The lowest BCUT2D eigenvalue weighted by Gasteiger charge is -2.21. The van der Waals surface area contributed by atoms with E-state index in [1.165, 1.54) is 6.08 Å². The van der Waals surface area contributed by atoms with Crippen LogP contribution in [0.15, 0.2) is 60.7 Å². The number of imidazole rings is 1. The minimum Gasteiger partial charge on any atom is -0.364 e. The molecule has 0 bridgehead atoms. The Balaban J connectivity index is 1.36. The number of benzene rings is 2. The van der Waals surface area contributed by atoms with Crippen molar-refractivity contribution in [1.29, 1.82) is 0 Å².